The van der Waals surface area contributed by atoms with Gasteiger partial charge in [-0.3, -0.25) is 0 Å². The van der Waals surface area contributed by atoms with Crippen LogP contribution in [-0.4, -0.2) is 23.4 Å². The second-order valence-corrected chi connectivity index (χ2v) is 6.74. The zero-order chi connectivity index (χ0) is 16.0. The SMILES string of the molecule is C=CC(C)(C)OCC(O)CCCCCCCCCCCC. The van der Waals surface area contributed by atoms with Crippen LogP contribution in [0, 0.1) is 0 Å². The zero-order valence-corrected chi connectivity index (χ0v) is 14.7. The summed E-state index contributed by atoms with van der Waals surface area (Å²) in [4.78, 5) is 0. The topological polar surface area (TPSA) is 29.5 Å². The molecule has 0 saturated carbocycles. The lowest BCUT2D eigenvalue weighted by molar-refractivity contribution is -0.0353. The number of ether oxygens (including phenoxy) is 1. The van der Waals surface area contributed by atoms with E-state index in [1.807, 2.05) is 13.8 Å². The fourth-order valence-corrected chi connectivity index (χ4v) is 2.32. The van der Waals surface area contributed by atoms with Crippen LogP contribution in [-0.2, 0) is 4.74 Å². The van der Waals surface area contributed by atoms with Gasteiger partial charge in [-0.2, -0.15) is 0 Å². The van der Waals surface area contributed by atoms with Gasteiger partial charge in [-0.05, 0) is 20.3 Å². The molecule has 21 heavy (non-hydrogen) atoms. The van der Waals surface area contributed by atoms with Gasteiger partial charge in [0.1, 0.15) is 0 Å². The second kappa shape index (κ2) is 13.3. The van der Waals surface area contributed by atoms with Crippen LogP contribution in [0.4, 0.5) is 0 Å². The maximum Gasteiger partial charge on any atom is 0.0805 e. The molecule has 0 aromatic heterocycles. The molecule has 0 aromatic carbocycles. The van der Waals surface area contributed by atoms with E-state index in [0.717, 1.165) is 12.8 Å². The lowest BCUT2D eigenvalue weighted by Gasteiger charge is -2.22. The molecule has 1 unspecified atom stereocenters. The lowest BCUT2D eigenvalue weighted by atomic mass is 10.0. The summed E-state index contributed by atoms with van der Waals surface area (Å²) in [6.07, 6.45) is 15.6. The Bertz CT molecular complexity index is 236. The molecule has 1 atom stereocenters. The van der Waals surface area contributed by atoms with Crippen LogP contribution in [0.1, 0.15) is 91.4 Å². The Morgan fingerprint density at radius 1 is 0.952 bits per heavy atom. The summed E-state index contributed by atoms with van der Waals surface area (Å²) < 4.78 is 5.61. The average molecular weight is 299 g/mol. The molecule has 0 spiro atoms. The molecule has 2 nitrogen and oxygen atoms in total. The number of rotatable bonds is 15. The van der Waals surface area contributed by atoms with Gasteiger partial charge >= 0.3 is 0 Å². The summed E-state index contributed by atoms with van der Waals surface area (Å²) in [7, 11) is 0. The van der Waals surface area contributed by atoms with Crippen LogP contribution in [0.2, 0.25) is 0 Å². The van der Waals surface area contributed by atoms with Gasteiger partial charge in [-0.25, -0.2) is 0 Å². The molecule has 0 aromatic rings. The van der Waals surface area contributed by atoms with E-state index in [2.05, 4.69) is 13.5 Å². The molecule has 0 rings (SSSR count). The highest BCUT2D eigenvalue weighted by atomic mass is 16.5. The van der Waals surface area contributed by atoms with Crippen molar-refractivity contribution in [3.05, 3.63) is 12.7 Å². The lowest BCUT2D eigenvalue weighted by Crippen LogP contribution is -2.27. The first-order valence-corrected chi connectivity index (χ1v) is 8.97. The molecular weight excluding hydrogens is 260 g/mol. The van der Waals surface area contributed by atoms with Crippen molar-refractivity contribution < 1.29 is 9.84 Å². The summed E-state index contributed by atoms with van der Waals surface area (Å²) >= 11 is 0. The fourth-order valence-electron chi connectivity index (χ4n) is 2.32. The third kappa shape index (κ3) is 14.4. The third-order valence-electron chi connectivity index (χ3n) is 4.03. The van der Waals surface area contributed by atoms with Gasteiger partial charge in [0, 0.05) is 0 Å². The zero-order valence-electron chi connectivity index (χ0n) is 14.7. The first kappa shape index (κ1) is 20.7. The van der Waals surface area contributed by atoms with Crippen molar-refractivity contribution in [1.29, 1.82) is 0 Å². The third-order valence-corrected chi connectivity index (χ3v) is 4.03. The Labute approximate surface area is 133 Å². The van der Waals surface area contributed by atoms with E-state index in [4.69, 9.17) is 4.74 Å². The van der Waals surface area contributed by atoms with Crippen molar-refractivity contribution in [1.82, 2.24) is 0 Å². The number of hydrogen-bond acceptors (Lipinski definition) is 2. The van der Waals surface area contributed by atoms with Crippen molar-refractivity contribution >= 4 is 0 Å². The summed E-state index contributed by atoms with van der Waals surface area (Å²) in [5.74, 6) is 0. The molecule has 0 fully saturated rings. The Hall–Kier alpha value is -0.340. The van der Waals surface area contributed by atoms with Crippen LogP contribution < -0.4 is 0 Å². The Morgan fingerprint density at radius 3 is 1.90 bits per heavy atom. The molecule has 0 saturated heterocycles. The average Bonchev–Trinajstić information content (AvgIpc) is 2.47. The standard InChI is InChI=1S/C19H38O2/c1-5-7-8-9-10-11-12-13-14-15-16-18(20)17-21-19(3,4)6-2/h6,18,20H,2,5,7-17H2,1,3-4H3. The van der Waals surface area contributed by atoms with Gasteiger partial charge in [0.2, 0.25) is 0 Å². The minimum Gasteiger partial charge on any atom is -0.391 e. The van der Waals surface area contributed by atoms with E-state index in [9.17, 15) is 5.11 Å². The number of hydrogen-bond donors (Lipinski definition) is 1. The summed E-state index contributed by atoms with van der Waals surface area (Å²) in [5.41, 5.74) is -0.335. The molecule has 2 heteroatoms. The Kier molecular flexibility index (Phi) is 13.1. The van der Waals surface area contributed by atoms with Crippen LogP contribution in [0.15, 0.2) is 12.7 Å². The van der Waals surface area contributed by atoms with Crippen molar-refractivity contribution in [3.8, 4) is 0 Å². The molecule has 0 heterocycles. The monoisotopic (exact) mass is 298 g/mol. The molecule has 1 N–H and O–H groups in total. The molecular formula is C19H38O2. The molecule has 0 radical (unpaired) electrons. The molecule has 0 aliphatic rings. The highest BCUT2D eigenvalue weighted by Gasteiger charge is 2.15. The highest BCUT2D eigenvalue weighted by molar-refractivity contribution is 4.89. The molecule has 126 valence electrons. The van der Waals surface area contributed by atoms with Crippen molar-refractivity contribution in [2.75, 3.05) is 6.61 Å². The van der Waals surface area contributed by atoms with Crippen LogP contribution >= 0.6 is 0 Å². The minimum absolute atomic E-state index is 0.335. The summed E-state index contributed by atoms with van der Waals surface area (Å²) in [6.45, 7) is 10.3. The minimum atomic E-state index is -0.335. The normalized spacial score (nSPS) is 13.3. The highest BCUT2D eigenvalue weighted by Crippen LogP contribution is 2.14. The summed E-state index contributed by atoms with van der Waals surface area (Å²) in [5, 5.41) is 9.87. The van der Waals surface area contributed by atoms with Crippen molar-refractivity contribution in [2.45, 2.75) is 103 Å². The number of aliphatic hydroxyl groups excluding tert-OH is 1. The van der Waals surface area contributed by atoms with Crippen LogP contribution in [0.25, 0.3) is 0 Å². The van der Waals surface area contributed by atoms with E-state index in [0.29, 0.717) is 6.61 Å². The fraction of sp³-hybridized carbons (Fsp3) is 0.895. The number of unbranched alkanes of at least 4 members (excludes halogenated alkanes) is 9. The first-order chi connectivity index (χ1) is 10.0. The number of aliphatic hydroxyl groups is 1. The van der Waals surface area contributed by atoms with E-state index in [-0.39, 0.29) is 11.7 Å². The van der Waals surface area contributed by atoms with Gasteiger partial charge in [-0.15, -0.1) is 6.58 Å². The Balaban J connectivity index is 3.29. The van der Waals surface area contributed by atoms with Crippen LogP contribution in [0.3, 0.4) is 0 Å². The molecule has 0 aliphatic carbocycles. The quantitative estimate of drug-likeness (QED) is 0.313. The summed E-state index contributed by atoms with van der Waals surface area (Å²) in [6, 6.07) is 0. The molecule has 0 amide bonds. The van der Waals surface area contributed by atoms with E-state index in [1.54, 1.807) is 6.08 Å². The molecule has 0 bridgehead atoms. The Morgan fingerprint density at radius 2 is 1.43 bits per heavy atom. The van der Waals surface area contributed by atoms with E-state index >= 15 is 0 Å². The van der Waals surface area contributed by atoms with Gasteiger partial charge in [0.25, 0.3) is 0 Å². The van der Waals surface area contributed by atoms with Gasteiger partial charge < -0.3 is 9.84 Å². The smallest absolute Gasteiger partial charge is 0.0805 e. The maximum absolute atomic E-state index is 9.87. The maximum atomic E-state index is 9.87. The van der Waals surface area contributed by atoms with Gasteiger partial charge in [-0.1, -0.05) is 77.2 Å². The predicted molar refractivity (Wildman–Crippen MR) is 92.7 cm³/mol. The first-order valence-electron chi connectivity index (χ1n) is 8.97. The van der Waals surface area contributed by atoms with Crippen LogP contribution in [0.5, 0.6) is 0 Å². The second-order valence-electron chi connectivity index (χ2n) is 6.74. The van der Waals surface area contributed by atoms with Crippen molar-refractivity contribution in [3.63, 3.8) is 0 Å². The van der Waals surface area contributed by atoms with E-state index < -0.39 is 0 Å². The van der Waals surface area contributed by atoms with Gasteiger partial charge in [0.15, 0.2) is 0 Å². The van der Waals surface area contributed by atoms with E-state index in [1.165, 1.54) is 57.8 Å². The predicted octanol–water partition coefficient (Wildman–Crippen LogP) is 5.64. The largest absolute Gasteiger partial charge is 0.391 e. The van der Waals surface area contributed by atoms with Gasteiger partial charge in [0.05, 0.1) is 18.3 Å². The molecule has 0 aliphatic heterocycles. The van der Waals surface area contributed by atoms with Crippen molar-refractivity contribution in [2.24, 2.45) is 0 Å².